The lowest BCUT2D eigenvalue weighted by Crippen LogP contribution is -2.51. The Morgan fingerprint density at radius 2 is 1.88 bits per heavy atom. The van der Waals surface area contributed by atoms with Crippen LogP contribution in [0.15, 0.2) is 59.5 Å². The maximum Gasteiger partial charge on any atom is 0.275 e. The lowest BCUT2D eigenvalue weighted by Gasteiger charge is -2.35. The number of rotatable bonds is 3. The fraction of sp³-hybridized carbons (Fsp3) is 0.250. The van der Waals surface area contributed by atoms with Crippen LogP contribution in [0.1, 0.15) is 11.1 Å². The Kier molecular flexibility index (Phi) is 4.26. The molecule has 6 nitrogen and oxygen atoms in total. The summed E-state index contributed by atoms with van der Waals surface area (Å²) < 4.78 is 1.44. The van der Waals surface area contributed by atoms with Crippen molar-refractivity contribution in [3.63, 3.8) is 0 Å². The van der Waals surface area contributed by atoms with E-state index in [0.717, 1.165) is 5.39 Å². The zero-order chi connectivity index (χ0) is 18.1. The van der Waals surface area contributed by atoms with Crippen LogP contribution in [-0.2, 0) is 24.4 Å². The number of amides is 1. The molecule has 0 saturated heterocycles. The number of hydrogen-bond acceptors (Lipinski definition) is 4. The Labute approximate surface area is 151 Å². The van der Waals surface area contributed by atoms with Crippen LogP contribution < -0.4 is 10.9 Å². The van der Waals surface area contributed by atoms with Crippen molar-refractivity contribution in [3.8, 4) is 0 Å². The Balaban J connectivity index is 1.70. The summed E-state index contributed by atoms with van der Waals surface area (Å²) in [6.07, 6.45) is 2.32. The van der Waals surface area contributed by atoms with E-state index in [1.54, 1.807) is 19.3 Å². The standard InChI is InChI=1S/C20H20N4O2/c1-21-19(25)18-10-14-6-2-3-8-16(14)12-23(18)13-24-20(26)17-9-5-4-7-15(17)11-22-24/h2-9,11,18H,10,12-13H2,1H3,(H,21,25)/t18-/m0/s1. The highest BCUT2D eigenvalue weighted by Gasteiger charge is 2.31. The van der Waals surface area contributed by atoms with Crippen molar-refractivity contribution in [3.05, 3.63) is 76.2 Å². The molecule has 0 saturated carbocycles. The van der Waals surface area contributed by atoms with Crippen LogP contribution in [0.2, 0.25) is 0 Å². The summed E-state index contributed by atoms with van der Waals surface area (Å²) in [5.41, 5.74) is 2.22. The van der Waals surface area contributed by atoms with E-state index in [4.69, 9.17) is 0 Å². The van der Waals surface area contributed by atoms with Gasteiger partial charge in [0, 0.05) is 19.0 Å². The molecule has 0 fully saturated rings. The van der Waals surface area contributed by atoms with Crippen LogP contribution in [-0.4, -0.2) is 33.7 Å². The van der Waals surface area contributed by atoms with E-state index in [1.807, 2.05) is 35.2 Å². The maximum absolute atomic E-state index is 12.8. The first kappa shape index (κ1) is 16.5. The Morgan fingerprint density at radius 1 is 1.15 bits per heavy atom. The summed E-state index contributed by atoms with van der Waals surface area (Å²) in [4.78, 5) is 27.2. The minimum absolute atomic E-state index is 0.0478. The van der Waals surface area contributed by atoms with Crippen molar-refractivity contribution in [2.24, 2.45) is 0 Å². The number of carbonyl (C=O) groups is 1. The second kappa shape index (κ2) is 6.72. The first-order valence-electron chi connectivity index (χ1n) is 8.64. The fourth-order valence-corrected chi connectivity index (χ4v) is 3.55. The highest BCUT2D eigenvalue weighted by molar-refractivity contribution is 5.82. The molecular weight excluding hydrogens is 328 g/mol. The molecule has 26 heavy (non-hydrogen) atoms. The summed E-state index contributed by atoms with van der Waals surface area (Å²) in [5.74, 6) is -0.0478. The van der Waals surface area contributed by atoms with E-state index in [2.05, 4.69) is 22.5 Å². The van der Waals surface area contributed by atoms with Crippen LogP contribution in [0, 0.1) is 0 Å². The van der Waals surface area contributed by atoms with E-state index in [0.29, 0.717) is 18.4 Å². The summed E-state index contributed by atoms with van der Waals surface area (Å²) >= 11 is 0. The van der Waals surface area contributed by atoms with Crippen LogP contribution in [0.4, 0.5) is 0 Å². The predicted octanol–water partition coefficient (Wildman–Crippen LogP) is 1.53. The Hall–Kier alpha value is -2.99. The number of nitrogens with one attached hydrogen (secondary N) is 1. The molecule has 1 amide bonds. The molecule has 0 bridgehead atoms. The number of nitrogens with zero attached hydrogens (tertiary/aromatic N) is 3. The van der Waals surface area contributed by atoms with Crippen LogP contribution in [0.5, 0.6) is 0 Å². The third-order valence-corrected chi connectivity index (χ3v) is 4.97. The molecule has 1 N–H and O–H groups in total. The average molecular weight is 348 g/mol. The first-order chi connectivity index (χ1) is 12.7. The molecule has 1 aliphatic heterocycles. The molecule has 132 valence electrons. The molecule has 0 aliphatic carbocycles. The SMILES string of the molecule is CNC(=O)[C@@H]1Cc2ccccc2CN1Cn1ncc2ccccc2c1=O. The van der Waals surface area contributed by atoms with Crippen LogP contribution in [0.25, 0.3) is 10.8 Å². The van der Waals surface area contributed by atoms with Crippen molar-refractivity contribution < 1.29 is 4.79 Å². The van der Waals surface area contributed by atoms with Gasteiger partial charge in [-0.05, 0) is 23.6 Å². The van der Waals surface area contributed by atoms with Gasteiger partial charge in [0.15, 0.2) is 0 Å². The lowest BCUT2D eigenvalue weighted by atomic mass is 9.94. The Bertz CT molecular complexity index is 1030. The van der Waals surface area contributed by atoms with E-state index in [1.165, 1.54) is 15.8 Å². The number of fused-ring (bicyclic) bond motifs is 2. The number of benzene rings is 2. The van der Waals surface area contributed by atoms with E-state index < -0.39 is 0 Å². The number of hydrogen-bond donors (Lipinski definition) is 1. The topological polar surface area (TPSA) is 67.2 Å². The third-order valence-electron chi connectivity index (χ3n) is 4.97. The fourth-order valence-electron chi connectivity index (χ4n) is 3.55. The van der Waals surface area contributed by atoms with E-state index >= 15 is 0 Å². The van der Waals surface area contributed by atoms with Gasteiger partial charge in [-0.1, -0.05) is 42.5 Å². The van der Waals surface area contributed by atoms with Crippen LogP contribution >= 0.6 is 0 Å². The predicted molar refractivity (Wildman–Crippen MR) is 99.5 cm³/mol. The second-order valence-corrected chi connectivity index (χ2v) is 6.53. The van der Waals surface area contributed by atoms with Crippen molar-refractivity contribution in [2.75, 3.05) is 7.05 Å². The molecule has 0 unspecified atom stereocenters. The van der Waals surface area contributed by atoms with E-state index in [9.17, 15) is 9.59 Å². The zero-order valence-corrected chi connectivity index (χ0v) is 14.6. The van der Waals surface area contributed by atoms with Crippen molar-refractivity contribution >= 4 is 16.7 Å². The van der Waals surface area contributed by atoms with Gasteiger partial charge >= 0.3 is 0 Å². The summed E-state index contributed by atoms with van der Waals surface area (Å²) in [7, 11) is 1.64. The summed E-state index contributed by atoms with van der Waals surface area (Å²) in [6, 6.07) is 15.2. The first-order valence-corrected chi connectivity index (χ1v) is 8.64. The van der Waals surface area contributed by atoms with Crippen molar-refractivity contribution in [1.29, 1.82) is 0 Å². The number of likely N-dealkylation sites (N-methyl/N-ethyl adjacent to an activating group) is 1. The zero-order valence-electron chi connectivity index (χ0n) is 14.6. The van der Waals surface area contributed by atoms with Gasteiger partial charge < -0.3 is 5.32 Å². The number of carbonyl (C=O) groups excluding carboxylic acids is 1. The van der Waals surface area contributed by atoms with Gasteiger partial charge in [0.25, 0.3) is 5.56 Å². The summed E-state index contributed by atoms with van der Waals surface area (Å²) in [5, 5.41) is 8.50. The average Bonchev–Trinajstić information content (AvgIpc) is 2.69. The second-order valence-electron chi connectivity index (χ2n) is 6.53. The van der Waals surface area contributed by atoms with Gasteiger partial charge in [-0.25, -0.2) is 4.68 Å². The highest BCUT2D eigenvalue weighted by atomic mass is 16.2. The largest absolute Gasteiger partial charge is 0.358 e. The van der Waals surface area contributed by atoms with Crippen molar-refractivity contribution in [2.45, 2.75) is 25.7 Å². The molecule has 1 atom stereocenters. The third kappa shape index (κ3) is 2.88. The van der Waals surface area contributed by atoms with Gasteiger partial charge in [0.2, 0.25) is 5.91 Å². The molecule has 4 rings (SSSR count). The molecule has 0 spiro atoms. The monoisotopic (exact) mass is 348 g/mol. The van der Waals surface area contributed by atoms with Crippen molar-refractivity contribution in [1.82, 2.24) is 20.0 Å². The molecule has 3 aromatic rings. The number of aromatic nitrogens is 2. The molecular formula is C20H20N4O2. The maximum atomic E-state index is 12.8. The minimum atomic E-state index is -0.324. The van der Waals surface area contributed by atoms with Gasteiger partial charge in [0.1, 0.15) is 0 Å². The normalized spacial score (nSPS) is 17.0. The quantitative estimate of drug-likeness (QED) is 0.779. The lowest BCUT2D eigenvalue weighted by molar-refractivity contribution is -0.127. The molecule has 2 heterocycles. The van der Waals surface area contributed by atoms with Gasteiger partial charge in [0.05, 0.1) is 24.3 Å². The van der Waals surface area contributed by atoms with Crippen LogP contribution in [0.3, 0.4) is 0 Å². The molecule has 1 aliphatic rings. The molecule has 1 aromatic heterocycles. The molecule has 0 radical (unpaired) electrons. The molecule has 6 heteroatoms. The van der Waals surface area contributed by atoms with Gasteiger partial charge in [-0.3, -0.25) is 14.5 Å². The smallest absolute Gasteiger partial charge is 0.275 e. The van der Waals surface area contributed by atoms with Gasteiger partial charge in [-0.15, -0.1) is 0 Å². The van der Waals surface area contributed by atoms with E-state index in [-0.39, 0.29) is 24.2 Å². The van der Waals surface area contributed by atoms with Gasteiger partial charge in [-0.2, -0.15) is 5.10 Å². The summed E-state index contributed by atoms with van der Waals surface area (Å²) in [6.45, 7) is 0.880. The minimum Gasteiger partial charge on any atom is -0.358 e. The highest BCUT2D eigenvalue weighted by Crippen LogP contribution is 2.23. The molecule has 2 aromatic carbocycles. The Morgan fingerprint density at radius 3 is 2.69 bits per heavy atom.